The fraction of sp³-hybridized carbons (Fsp3) is 0.765. The summed E-state index contributed by atoms with van der Waals surface area (Å²) in [5.74, 6) is -6.44. The average Bonchev–Trinajstić information content (AvgIpc) is 3.19. The van der Waals surface area contributed by atoms with Gasteiger partial charge in [0.1, 0.15) is 28.9 Å². The number of esters is 5. The van der Waals surface area contributed by atoms with E-state index in [4.69, 9.17) is 42.6 Å². The van der Waals surface area contributed by atoms with Crippen LogP contribution in [0.1, 0.15) is 151 Å². The highest BCUT2D eigenvalue weighted by Crippen LogP contribution is 2.62. The molecule has 2 fully saturated rings. The second-order valence-corrected chi connectivity index (χ2v) is 23.4. The van der Waals surface area contributed by atoms with Gasteiger partial charge in [0.05, 0.1) is 48.6 Å². The molecule has 68 heavy (non-hydrogen) atoms. The topological polar surface area (TPSA) is 218 Å². The Labute approximate surface area is 403 Å². The van der Waals surface area contributed by atoms with Gasteiger partial charge in [0.25, 0.3) is 0 Å². The van der Waals surface area contributed by atoms with Gasteiger partial charge in [-0.05, 0) is 130 Å². The highest BCUT2D eigenvalue weighted by molar-refractivity contribution is 5.85. The Hall–Kier alpha value is -4.16. The summed E-state index contributed by atoms with van der Waals surface area (Å²) < 4.78 is 57.7. The third-order valence-corrected chi connectivity index (χ3v) is 15.1. The van der Waals surface area contributed by atoms with Crippen LogP contribution in [0.4, 0.5) is 0 Å². The van der Waals surface area contributed by atoms with Crippen molar-refractivity contribution in [1.82, 2.24) is 5.32 Å². The van der Waals surface area contributed by atoms with E-state index < -0.39 is 128 Å². The van der Waals surface area contributed by atoms with Crippen molar-refractivity contribution >= 4 is 35.8 Å². The van der Waals surface area contributed by atoms with Crippen molar-refractivity contribution in [3.63, 3.8) is 0 Å². The fourth-order valence-electron chi connectivity index (χ4n) is 9.19. The highest BCUT2D eigenvalue weighted by Gasteiger charge is 2.83. The average molecular weight is 964 g/mol. The van der Waals surface area contributed by atoms with Crippen molar-refractivity contribution in [2.45, 2.75) is 203 Å². The lowest BCUT2D eigenvalue weighted by molar-refractivity contribution is -0.425. The molecule has 0 radical (unpaired) electrons. The molecule has 1 amide bonds. The summed E-state index contributed by atoms with van der Waals surface area (Å²) in [6.07, 6.45) is 0. The maximum Gasteiger partial charge on any atom is 0.342 e. The van der Waals surface area contributed by atoms with Crippen LogP contribution in [0.25, 0.3) is 0 Å². The largest absolute Gasteiger partial charge is 0.467 e. The van der Waals surface area contributed by atoms with Crippen LogP contribution in [-0.4, -0.2) is 118 Å². The minimum Gasteiger partial charge on any atom is -0.467 e. The monoisotopic (exact) mass is 964 g/mol. The van der Waals surface area contributed by atoms with E-state index in [2.05, 4.69) is 5.32 Å². The predicted molar refractivity (Wildman–Crippen MR) is 249 cm³/mol. The number of rotatable bonds is 14. The van der Waals surface area contributed by atoms with Gasteiger partial charge in [0.15, 0.2) is 22.6 Å². The van der Waals surface area contributed by atoms with Crippen LogP contribution in [0.15, 0.2) is 30.3 Å². The lowest BCUT2D eigenvalue weighted by Gasteiger charge is -2.69. The van der Waals surface area contributed by atoms with Crippen molar-refractivity contribution in [3.05, 3.63) is 35.9 Å². The molecule has 2 N–H and O–H groups in total. The summed E-state index contributed by atoms with van der Waals surface area (Å²) >= 11 is 0. The van der Waals surface area contributed by atoms with E-state index >= 15 is 0 Å². The van der Waals surface area contributed by atoms with Crippen LogP contribution >= 0.6 is 0 Å². The number of carbonyl (C=O) groups excluding carboxylic acids is 6. The molecule has 17 heteroatoms. The smallest absolute Gasteiger partial charge is 0.342 e. The van der Waals surface area contributed by atoms with Crippen LogP contribution in [0.3, 0.4) is 0 Å². The molecular formula is C51H81NO16. The molecule has 4 unspecified atom stereocenters. The van der Waals surface area contributed by atoms with E-state index in [1.54, 1.807) is 90.0 Å². The molecular weight excluding hydrogens is 883 g/mol. The van der Waals surface area contributed by atoms with Crippen LogP contribution in [-0.2, 0) is 78.0 Å². The van der Waals surface area contributed by atoms with Gasteiger partial charge in [-0.15, -0.1) is 0 Å². The molecule has 2 saturated heterocycles. The molecule has 10 atom stereocenters. The van der Waals surface area contributed by atoms with E-state index in [1.165, 1.54) is 55.4 Å². The van der Waals surface area contributed by atoms with Gasteiger partial charge in [-0.3, -0.25) is 24.0 Å². The Morgan fingerprint density at radius 3 is 1.50 bits per heavy atom. The third-order valence-electron chi connectivity index (χ3n) is 15.1. The Kier molecular flexibility index (Phi) is 15.9. The summed E-state index contributed by atoms with van der Waals surface area (Å²) in [6.45, 7) is 30.4. The van der Waals surface area contributed by atoms with Crippen LogP contribution < -0.4 is 5.32 Å². The fourth-order valence-corrected chi connectivity index (χ4v) is 9.19. The second kappa shape index (κ2) is 18.5. The van der Waals surface area contributed by atoms with Gasteiger partial charge in [0.2, 0.25) is 11.5 Å². The molecule has 1 aromatic carbocycles. The SMILES string of the molecule is COC(=O)C1(C)OC(C)(COC[C@]2(C)[C@](C)(O)C(C)(COC(C)=O)OC(C)(OCc3ccccc3)[C@@]2(C)NC(C)=O)[C@@](C)(OC(=O)C(C)(C)C)[C@@](C)(OC(=O)C(C)(C)C)[C@]1(C)OC(=O)C(C)(C)C. The summed E-state index contributed by atoms with van der Waals surface area (Å²) in [5.41, 5.74) is -21.4. The number of ether oxygens (including phenoxy) is 9. The molecule has 3 rings (SSSR count). The molecule has 17 nitrogen and oxygen atoms in total. The zero-order valence-electron chi connectivity index (χ0n) is 44.8. The number of nitrogens with one attached hydrogen (secondary N) is 1. The zero-order valence-corrected chi connectivity index (χ0v) is 44.8. The first-order chi connectivity index (χ1) is 30.4. The van der Waals surface area contributed by atoms with Gasteiger partial charge in [-0.25, -0.2) is 4.79 Å². The summed E-state index contributed by atoms with van der Waals surface area (Å²) in [6, 6.07) is 9.20. The van der Waals surface area contributed by atoms with Crippen LogP contribution in [0, 0.1) is 21.7 Å². The van der Waals surface area contributed by atoms with Crippen molar-refractivity contribution in [1.29, 1.82) is 0 Å². The number of aliphatic hydroxyl groups is 1. The van der Waals surface area contributed by atoms with E-state index in [0.717, 1.165) is 12.7 Å². The van der Waals surface area contributed by atoms with E-state index in [-0.39, 0.29) is 6.61 Å². The maximum atomic E-state index is 14.5. The van der Waals surface area contributed by atoms with Crippen LogP contribution in [0.5, 0.6) is 0 Å². The normalized spacial score (nSPS) is 36.5. The molecule has 0 saturated carbocycles. The lowest BCUT2D eigenvalue weighted by atomic mass is 9.52. The first-order valence-electron chi connectivity index (χ1n) is 23.0. The highest BCUT2D eigenvalue weighted by atomic mass is 16.7. The quantitative estimate of drug-likeness (QED) is 0.146. The zero-order chi connectivity index (χ0) is 53.0. The molecule has 2 aliphatic rings. The molecule has 0 aromatic heterocycles. The van der Waals surface area contributed by atoms with Gasteiger partial charge >= 0.3 is 29.8 Å². The molecule has 0 bridgehead atoms. The maximum absolute atomic E-state index is 14.5. The Bertz CT molecular complexity index is 2090. The number of methoxy groups -OCH3 is 1. The minimum atomic E-state index is -2.35. The van der Waals surface area contributed by atoms with Gasteiger partial charge in [0, 0.05) is 13.8 Å². The van der Waals surface area contributed by atoms with Crippen molar-refractivity contribution in [2.75, 3.05) is 26.9 Å². The molecule has 1 aromatic rings. The number of benzene rings is 1. The Balaban J connectivity index is 2.47. The lowest BCUT2D eigenvalue weighted by Crippen LogP contribution is -2.88. The standard InChI is InChI=1S/C51H81NO16/c1-32(53)52-46(16)42(12,47(17,59)43(13,31-62-33(2)54)68-51(46,21)63-28-34-26-24-23-25-27-34)29-61-30-44(14)48(18,64-35(55)39(3,4)5)50(20,66-37(57)41(9,10)11)49(19,65-36(56)40(6,7)8)45(15,67-44)38(58)60-22/h23-27,59H,28-31H2,1-22H3,(H,52,53)/t42-,43?,44?,45?,46-,47-,48+,49+,50+,51?/m0/s1. The number of carbonyl (C=O) groups is 6. The number of hydrogen-bond acceptors (Lipinski definition) is 16. The van der Waals surface area contributed by atoms with E-state index in [9.17, 15) is 33.9 Å². The summed E-state index contributed by atoms with van der Waals surface area (Å²) in [7, 11) is 1.11. The van der Waals surface area contributed by atoms with Gasteiger partial charge < -0.3 is 53.1 Å². The molecule has 0 spiro atoms. The van der Waals surface area contributed by atoms with Gasteiger partial charge in [-0.1, -0.05) is 37.3 Å². The first kappa shape index (κ1) is 58.2. The van der Waals surface area contributed by atoms with Gasteiger partial charge in [-0.2, -0.15) is 0 Å². The molecule has 0 aliphatic carbocycles. The van der Waals surface area contributed by atoms with Crippen molar-refractivity contribution < 1.29 is 76.5 Å². The Morgan fingerprint density at radius 1 is 0.618 bits per heavy atom. The summed E-state index contributed by atoms with van der Waals surface area (Å²) in [4.78, 5) is 83.2. The number of amides is 1. The third kappa shape index (κ3) is 9.67. The summed E-state index contributed by atoms with van der Waals surface area (Å²) in [5, 5.41) is 16.1. The molecule has 2 aliphatic heterocycles. The van der Waals surface area contributed by atoms with Crippen molar-refractivity contribution in [3.8, 4) is 0 Å². The van der Waals surface area contributed by atoms with Crippen molar-refractivity contribution in [2.24, 2.45) is 21.7 Å². The minimum absolute atomic E-state index is 0.0187. The molecule has 386 valence electrons. The number of hydrogen-bond donors (Lipinski definition) is 2. The van der Waals surface area contributed by atoms with Crippen LogP contribution in [0.2, 0.25) is 0 Å². The Morgan fingerprint density at radius 2 is 1.07 bits per heavy atom. The predicted octanol–water partition coefficient (Wildman–Crippen LogP) is 6.70. The van der Waals surface area contributed by atoms with E-state index in [0.29, 0.717) is 0 Å². The molecule has 2 heterocycles. The second-order valence-electron chi connectivity index (χ2n) is 23.4. The first-order valence-corrected chi connectivity index (χ1v) is 23.0. The van der Waals surface area contributed by atoms with E-state index in [1.807, 2.05) is 30.3 Å².